The van der Waals surface area contributed by atoms with Gasteiger partial charge in [-0.2, -0.15) is 16.7 Å². The van der Waals surface area contributed by atoms with Gasteiger partial charge in [0.1, 0.15) is 10.6 Å². The molecule has 19 heavy (non-hydrogen) atoms. The number of thioether (sulfide) groups is 1. The number of fused-ring (bicyclic) bond motifs is 1. The second-order valence-electron chi connectivity index (χ2n) is 3.90. The summed E-state index contributed by atoms with van der Waals surface area (Å²) in [6.45, 7) is 1.13. The minimum absolute atomic E-state index is 0.271. The molecule has 0 spiro atoms. The monoisotopic (exact) mass is 298 g/mol. The van der Waals surface area contributed by atoms with Crippen molar-refractivity contribution in [1.29, 1.82) is 0 Å². The van der Waals surface area contributed by atoms with Crippen molar-refractivity contribution in [2.45, 2.75) is 6.42 Å². The van der Waals surface area contributed by atoms with Crippen molar-refractivity contribution >= 4 is 45.1 Å². The maximum Gasteiger partial charge on any atom is 0.225 e. The summed E-state index contributed by atoms with van der Waals surface area (Å²) in [5.74, 6) is 3.53. The number of nitrogens with one attached hydrogen (secondary N) is 2. The van der Waals surface area contributed by atoms with E-state index in [1.54, 1.807) is 11.3 Å². The van der Waals surface area contributed by atoms with Gasteiger partial charge in [-0.05, 0) is 23.6 Å². The molecular formula is C12H18N4OS2. The van der Waals surface area contributed by atoms with Crippen LogP contribution in [0.2, 0.25) is 0 Å². The summed E-state index contributed by atoms with van der Waals surface area (Å²) < 4.78 is 0. The van der Waals surface area contributed by atoms with Crippen LogP contribution in [-0.4, -0.2) is 46.8 Å². The van der Waals surface area contributed by atoms with Gasteiger partial charge in [0.05, 0.1) is 5.39 Å². The van der Waals surface area contributed by atoms with Crippen molar-refractivity contribution in [3.63, 3.8) is 0 Å². The molecule has 0 saturated carbocycles. The fourth-order valence-corrected chi connectivity index (χ4v) is 3.16. The number of aromatic nitrogens is 2. The van der Waals surface area contributed by atoms with E-state index in [1.165, 1.54) is 0 Å². The highest BCUT2D eigenvalue weighted by Crippen LogP contribution is 2.26. The lowest BCUT2D eigenvalue weighted by Crippen LogP contribution is -2.08. The number of rotatable bonds is 8. The minimum atomic E-state index is 0.271. The first kappa shape index (κ1) is 14.4. The molecule has 3 N–H and O–H groups in total. The molecule has 5 nitrogen and oxygen atoms in total. The molecule has 0 radical (unpaired) electrons. The van der Waals surface area contributed by atoms with Crippen LogP contribution in [0.3, 0.4) is 0 Å². The maximum absolute atomic E-state index is 8.70. The zero-order valence-corrected chi connectivity index (χ0v) is 12.5. The van der Waals surface area contributed by atoms with E-state index in [4.69, 9.17) is 5.11 Å². The standard InChI is InChI=1S/C12H18N4OS2/c1-13-12-15-10(9-3-7-19-11(9)16-12)14-4-8-18-6-2-5-17/h3,7,17H,2,4-6,8H2,1H3,(H2,13,14,15,16). The molecule has 0 atom stereocenters. The molecule has 104 valence electrons. The molecule has 0 aliphatic carbocycles. The van der Waals surface area contributed by atoms with Crippen molar-refractivity contribution in [1.82, 2.24) is 9.97 Å². The van der Waals surface area contributed by atoms with Crippen LogP contribution in [0.5, 0.6) is 0 Å². The highest BCUT2D eigenvalue weighted by Gasteiger charge is 2.07. The Morgan fingerprint density at radius 2 is 2.26 bits per heavy atom. The van der Waals surface area contributed by atoms with E-state index >= 15 is 0 Å². The minimum Gasteiger partial charge on any atom is -0.396 e. The highest BCUT2D eigenvalue weighted by molar-refractivity contribution is 7.99. The maximum atomic E-state index is 8.70. The normalized spacial score (nSPS) is 10.8. The molecule has 0 saturated heterocycles. The van der Waals surface area contributed by atoms with Crippen molar-refractivity contribution in [2.24, 2.45) is 0 Å². The summed E-state index contributed by atoms with van der Waals surface area (Å²) in [5.41, 5.74) is 0. The SMILES string of the molecule is CNc1nc(NCCSCCCO)c2ccsc2n1. The fourth-order valence-electron chi connectivity index (χ4n) is 1.61. The number of hydrogen-bond acceptors (Lipinski definition) is 7. The predicted octanol–water partition coefficient (Wildman–Crippen LogP) is 2.26. The van der Waals surface area contributed by atoms with E-state index in [9.17, 15) is 0 Å². The molecule has 2 aromatic heterocycles. The smallest absolute Gasteiger partial charge is 0.225 e. The van der Waals surface area contributed by atoms with Gasteiger partial charge >= 0.3 is 0 Å². The first-order valence-electron chi connectivity index (χ1n) is 6.20. The summed E-state index contributed by atoms with van der Waals surface area (Å²) >= 11 is 3.45. The van der Waals surface area contributed by atoms with Crippen molar-refractivity contribution in [3.8, 4) is 0 Å². The third kappa shape index (κ3) is 3.95. The molecular weight excluding hydrogens is 280 g/mol. The lowest BCUT2D eigenvalue weighted by molar-refractivity contribution is 0.296. The Labute approximate surface area is 120 Å². The van der Waals surface area contributed by atoms with Gasteiger partial charge in [0.15, 0.2) is 0 Å². The average molecular weight is 298 g/mol. The largest absolute Gasteiger partial charge is 0.396 e. The predicted molar refractivity (Wildman–Crippen MR) is 84.5 cm³/mol. The van der Waals surface area contributed by atoms with E-state index in [2.05, 4.69) is 20.6 Å². The van der Waals surface area contributed by atoms with Gasteiger partial charge in [-0.15, -0.1) is 11.3 Å². The number of aliphatic hydroxyl groups is 1. The lowest BCUT2D eigenvalue weighted by Gasteiger charge is -2.08. The number of aliphatic hydroxyl groups excluding tert-OH is 1. The summed E-state index contributed by atoms with van der Waals surface area (Å²) in [5, 5.41) is 18.1. The van der Waals surface area contributed by atoms with E-state index < -0.39 is 0 Å². The second kappa shape index (κ2) is 7.52. The van der Waals surface area contributed by atoms with Gasteiger partial charge in [0.2, 0.25) is 5.95 Å². The number of hydrogen-bond donors (Lipinski definition) is 3. The van der Waals surface area contributed by atoms with Crippen LogP contribution >= 0.6 is 23.1 Å². The number of anilines is 2. The Hall–Kier alpha value is -1.05. The zero-order chi connectivity index (χ0) is 13.5. The highest BCUT2D eigenvalue weighted by atomic mass is 32.2. The first-order valence-corrected chi connectivity index (χ1v) is 8.24. The lowest BCUT2D eigenvalue weighted by atomic mass is 10.4. The van der Waals surface area contributed by atoms with Crippen LogP contribution in [0.4, 0.5) is 11.8 Å². The van der Waals surface area contributed by atoms with Gasteiger partial charge < -0.3 is 15.7 Å². The van der Waals surface area contributed by atoms with Gasteiger partial charge in [-0.25, -0.2) is 4.98 Å². The molecule has 2 heterocycles. The van der Waals surface area contributed by atoms with E-state index in [1.807, 2.05) is 30.3 Å². The molecule has 0 fully saturated rings. The van der Waals surface area contributed by atoms with Gasteiger partial charge in [0, 0.05) is 26.0 Å². The van der Waals surface area contributed by atoms with Crippen LogP contribution in [0, 0.1) is 0 Å². The summed E-state index contributed by atoms with van der Waals surface area (Å²) in [6.07, 6.45) is 0.858. The molecule has 0 bridgehead atoms. The number of thiophene rings is 1. The molecule has 7 heteroatoms. The Morgan fingerprint density at radius 3 is 3.05 bits per heavy atom. The van der Waals surface area contributed by atoms with E-state index in [0.29, 0.717) is 5.95 Å². The topological polar surface area (TPSA) is 70.1 Å². The molecule has 0 aliphatic rings. The van der Waals surface area contributed by atoms with Crippen LogP contribution in [-0.2, 0) is 0 Å². The summed E-state index contributed by atoms with van der Waals surface area (Å²) in [6, 6.07) is 2.04. The molecule has 2 rings (SSSR count). The molecule has 0 aliphatic heterocycles. The zero-order valence-electron chi connectivity index (χ0n) is 10.8. The third-order valence-electron chi connectivity index (χ3n) is 2.53. The van der Waals surface area contributed by atoms with Crippen LogP contribution in [0.25, 0.3) is 10.2 Å². The van der Waals surface area contributed by atoms with Gasteiger partial charge in [0.25, 0.3) is 0 Å². The van der Waals surface area contributed by atoms with Crippen molar-refractivity contribution in [2.75, 3.05) is 42.3 Å². The van der Waals surface area contributed by atoms with Gasteiger partial charge in [-0.1, -0.05) is 0 Å². The summed E-state index contributed by atoms with van der Waals surface area (Å²) in [4.78, 5) is 9.85. The Bertz CT molecular complexity index is 517. The van der Waals surface area contributed by atoms with Crippen LogP contribution in [0.15, 0.2) is 11.4 Å². The molecule has 2 aromatic rings. The second-order valence-corrected chi connectivity index (χ2v) is 6.02. The summed E-state index contributed by atoms with van der Waals surface area (Å²) in [7, 11) is 1.82. The molecule has 0 amide bonds. The van der Waals surface area contributed by atoms with Crippen LogP contribution < -0.4 is 10.6 Å². The van der Waals surface area contributed by atoms with E-state index in [-0.39, 0.29) is 6.61 Å². The Morgan fingerprint density at radius 1 is 1.37 bits per heavy atom. The van der Waals surface area contributed by atoms with Gasteiger partial charge in [-0.3, -0.25) is 0 Å². The Balaban J connectivity index is 1.93. The molecule has 0 unspecified atom stereocenters. The Kier molecular flexibility index (Phi) is 5.68. The first-order chi connectivity index (χ1) is 9.35. The number of nitrogens with zero attached hydrogens (tertiary/aromatic N) is 2. The van der Waals surface area contributed by atoms with Crippen LogP contribution in [0.1, 0.15) is 6.42 Å². The van der Waals surface area contributed by atoms with E-state index in [0.717, 1.165) is 40.5 Å². The quantitative estimate of drug-likeness (QED) is 0.649. The average Bonchev–Trinajstić information content (AvgIpc) is 2.90. The fraction of sp³-hybridized carbons (Fsp3) is 0.500. The molecule has 0 aromatic carbocycles. The van der Waals surface area contributed by atoms with Crippen molar-refractivity contribution in [3.05, 3.63) is 11.4 Å². The van der Waals surface area contributed by atoms with Crippen molar-refractivity contribution < 1.29 is 5.11 Å². The third-order valence-corrected chi connectivity index (χ3v) is 4.41.